The van der Waals surface area contributed by atoms with Gasteiger partial charge in [0, 0.05) is 31.2 Å². The van der Waals surface area contributed by atoms with Gasteiger partial charge in [0.15, 0.2) is 5.82 Å². The summed E-state index contributed by atoms with van der Waals surface area (Å²) in [6, 6.07) is 7.06. The Balaban J connectivity index is 1.34. The Morgan fingerprint density at radius 1 is 1.13 bits per heavy atom. The molecule has 1 aliphatic rings. The molecule has 7 nitrogen and oxygen atoms in total. The van der Waals surface area contributed by atoms with E-state index in [0.29, 0.717) is 17.9 Å². The maximum Gasteiger partial charge on any atom is 0.223 e. The number of aromatic nitrogens is 4. The minimum Gasteiger partial charge on any atom is -0.355 e. The van der Waals surface area contributed by atoms with Gasteiger partial charge in [-0.25, -0.2) is 14.1 Å². The maximum atomic E-state index is 13.7. The monoisotopic (exact) mass is 422 g/mol. The van der Waals surface area contributed by atoms with Gasteiger partial charge in [-0.15, -0.1) is 0 Å². The van der Waals surface area contributed by atoms with Crippen molar-refractivity contribution in [2.24, 2.45) is 5.92 Å². The molecule has 4 rings (SSSR count). The lowest BCUT2D eigenvalue weighted by molar-refractivity contribution is -0.125. The molecule has 162 valence electrons. The molecule has 0 radical (unpaired) electrons. The van der Waals surface area contributed by atoms with Gasteiger partial charge in [-0.3, -0.25) is 9.78 Å². The van der Waals surface area contributed by atoms with E-state index in [9.17, 15) is 9.18 Å². The predicted molar refractivity (Wildman–Crippen MR) is 117 cm³/mol. The van der Waals surface area contributed by atoms with Crippen LogP contribution in [0, 0.1) is 32.5 Å². The maximum absolute atomic E-state index is 13.7. The van der Waals surface area contributed by atoms with Crippen molar-refractivity contribution in [1.29, 1.82) is 0 Å². The third-order valence-corrected chi connectivity index (χ3v) is 5.73. The molecule has 0 spiro atoms. The van der Waals surface area contributed by atoms with E-state index >= 15 is 0 Å². The Labute approximate surface area is 181 Å². The summed E-state index contributed by atoms with van der Waals surface area (Å²) >= 11 is 0. The molecular formula is C23H27FN6O. The Morgan fingerprint density at radius 3 is 2.55 bits per heavy atom. The van der Waals surface area contributed by atoms with Gasteiger partial charge < -0.3 is 10.2 Å². The van der Waals surface area contributed by atoms with E-state index in [1.807, 2.05) is 26.0 Å². The zero-order chi connectivity index (χ0) is 22.0. The molecule has 1 aromatic carbocycles. The number of amides is 1. The number of carbonyl (C=O) groups is 1. The Morgan fingerprint density at radius 2 is 1.87 bits per heavy atom. The molecule has 1 fully saturated rings. The topological polar surface area (TPSA) is 75.9 Å². The van der Waals surface area contributed by atoms with Crippen LogP contribution >= 0.6 is 0 Å². The summed E-state index contributed by atoms with van der Waals surface area (Å²) in [7, 11) is 0. The Kier molecular flexibility index (Phi) is 5.97. The van der Waals surface area contributed by atoms with Crippen molar-refractivity contribution in [3.8, 4) is 5.82 Å². The average molecular weight is 423 g/mol. The summed E-state index contributed by atoms with van der Waals surface area (Å²) in [6.45, 7) is 7.46. The van der Waals surface area contributed by atoms with Gasteiger partial charge in [0.25, 0.3) is 0 Å². The number of benzene rings is 1. The summed E-state index contributed by atoms with van der Waals surface area (Å²) in [5.74, 6) is 1.19. The van der Waals surface area contributed by atoms with Gasteiger partial charge >= 0.3 is 0 Å². The van der Waals surface area contributed by atoms with Crippen LogP contribution in [0.3, 0.4) is 0 Å². The van der Waals surface area contributed by atoms with Gasteiger partial charge in [-0.1, -0.05) is 12.1 Å². The quantitative estimate of drug-likeness (QED) is 0.683. The summed E-state index contributed by atoms with van der Waals surface area (Å²) in [5, 5.41) is 7.42. The smallest absolute Gasteiger partial charge is 0.223 e. The van der Waals surface area contributed by atoms with Crippen molar-refractivity contribution in [1.82, 2.24) is 25.1 Å². The molecule has 0 saturated carbocycles. The third-order valence-electron chi connectivity index (χ3n) is 5.73. The number of nitrogens with one attached hydrogen (secondary N) is 1. The minimum atomic E-state index is -0.246. The summed E-state index contributed by atoms with van der Waals surface area (Å²) in [4.78, 5) is 23.8. The lowest BCUT2D eigenvalue weighted by atomic mass is 9.96. The number of nitrogens with zero attached hydrogens (tertiary/aromatic N) is 5. The molecule has 1 amide bonds. The SMILES string of the molecule is Cc1cc(C)n(-c2cncc(N3CCC(C(=O)NCc4ccc(C)c(F)c4)CC3)n2)n1. The van der Waals surface area contributed by atoms with Crippen LogP contribution < -0.4 is 10.2 Å². The van der Waals surface area contributed by atoms with Crippen LogP contribution in [-0.4, -0.2) is 38.7 Å². The minimum absolute atomic E-state index is 0.0168. The van der Waals surface area contributed by atoms with Gasteiger partial charge in [-0.2, -0.15) is 5.10 Å². The first-order valence-electron chi connectivity index (χ1n) is 10.5. The molecule has 0 aliphatic carbocycles. The van der Waals surface area contributed by atoms with Crippen LogP contribution in [0.25, 0.3) is 5.82 Å². The summed E-state index contributed by atoms with van der Waals surface area (Å²) in [5.41, 5.74) is 3.32. The number of anilines is 1. The molecule has 1 aliphatic heterocycles. The van der Waals surface area contributed by atoms with Crippen molar-refractivity contribution < 1.29 is 9.18 Å². The molecule has 2 aromatic heterocycles. The number of piperidine rings is 1. The fourth-order valence-electron chi connectivity index (χ4n) is 3.91. The second-order valence-electron chi connectivity index (χ2n) is 8.14. The standard InChI is InChI=1S/C23H27FN6O/c1-15-4-5-18(11-20(15)24)12-26-23(31)19-6-8-29(9-7-19)21-13-25-14-22(27-21)30-17(3)10-16(2)28-30/h4-5,10-11,13-14,19H,6-9,12H2,1-3H3,(H,26,31). The molecular weight excluding hydrogens is 395 g/mol. The van der Waals surface area contributed by atoms with Crippen molar-refractivity contribution in [2.75, 3.05) is 18.0 Å². The van der Waals surface area contributed by atoms with E-state index in [4.69, 9.17) is 4.98 Å². The van der Waals surface area contributed by atoms with Crippen LogP contribution in [0.2, 0.25) is 0 Å². The number of halogens is 1. The Hall–Kier alpha value is -3.29. The molecule has 8 heteroatoms. The van der Waals surface area contributed by atoms with Gasteiger partial charge in [0.2, 0.25) is 5.91 Å². The normalized spacial score (nSPS) is 14.6. The summed E-state index contributed by atoms with van der Waals surface area (Å²) in [6.07, 6.45) is 4.93. The van der Waals surface area contributed by atoms with E-state index in [1.54, 1.807) is 30.1 Å². The van der Waals surface area contributed by atoms with Gasteiger partial charge in [0.1, 0.15) is 11.6 Å². The second kappa shape index (κ2) is 8.83. The van der Waals surface area contributed by atoms with E-state index in [2.05, 4.69) is 20.3 Å². The van der Waals surface area contributed by atoms with E-state index in [-0.39, 0.29) is 17.6 Å². The first-order valence-corrected chi connectivity index (χ1v) is 10.5. The lowest BCUT2D eigenvalue weighted by Crippen LogP contribution is -2.40. The highest BCUT2D eigenvalue weighted by molar-refractivity contribution is 5.79. The molecule has 3 heterocycles. The first-order chi connectivity index (χ1) is 14.9. The lowest BCUT2D eigenvalue weighted by Gasteiger charge is -2.32. The molecule has 1 saturated heterocycles. The highest BCUT2D eigenvalue weighted by atomic mass is 19.1. The van der Waals surface area contributed by atoms with Crippen LogP contribution in [0.5, 0.6) is 0 Å². The molecule has 0 atom stereocenters. The molecule has 0 bridgehead atoms. The first kappa shape index (κ1) is 21.0. The number of hydrogen-bond acceptors (Lipinski definition) is 5. The fraction of sp³-hybridized carbons (Fsp3) is 0.391. The van der Waals surface area contributed by atoms with Crippen molar-refractivity contribution in [3.63, 3.8) is 0 Å². The molecule has 3 aromatic rings. The van der Waals surface area contributed by atoms with Gasteiger partial charge in [-0.05, 0) is 56.9 Å². The number of rotatable bonds is 5. The van der Waals surface area contributed by atoms with E-state index in [0.717, 1.165) is 48.7 Å². The fourth-order valence-corrected chi connectivity index (χ4v) is 3.91. The highest BCUT2D eigenvalue weighted by Gasteiger charge is 2.26. The van der Waals surface area contributed by atoms with Crippen molar-refractivity contribution in [2.45, 2.75) is 40.2 Å². The zero-order valence-electron chi connectivity index (χ0n) is 18.1. The molecule has 1 N–H and O–H groups in total. The number of hydrogen-bond donors (Lipinski definition) is 1. The number of carbonyl (C=O) groups excluding carboxylic acids is 1. The third kappa shape index (κ3) is 4.73. The van der Waals surface area contributed by atoms with Gasteiger partial charge in [0.05, 0.1) is 18.1 Å². The molecule has 31 heavy (non-hydrogen) atoms. The van der Waals surface area contributed by atoms with E-state index < -0.39 is 0 Å². The molecule has 0 unspecified atom stereocenters. The highest BCUT2D eigenvalue weighted by Crippen LogP contribution is 2.23. The number of aryl methyl sites for hydroxylation is 3. The van der Waals surface area contributed by atoms with Crippen LogP contribution in [0.1, 0.15) is 35.4 Å². The average Bonchev–Trinajstić information content (AvgIpc) is 3.12. The van der Waals surface area contributed by atoms with Crippen molar-refractivity contribution >= 4 is 11.7 Å². The Bertz CT molecular complexity index is 1090. The largest absolute Gasteiger partial charge is 0.355 e. The second-order valence-corrected chi connectivity index (χ2v) is 8.14. The van der Waals surface area contributed by atoms with Crippen LogP contribution in [-0.2, 0) is 11.3 Å². The predicted octanol–water partition coefficient (Wildman–Crippen LogP) is 3.26. The van der Waals surface area contributed by atoms with Crippen LogP contribution in [0.15, 0.2) is 36.7 Å². The van der Waals surface area contributed by atoms with Crippen LogP contribution in [0.4, 0.5) is 10.2 Å². The van der Waals surface area contributed by atoms with Crippen molar-refractivity contribution in [3.05, 3.63) is 65.0 Å². The van der Waals surface area contributed by atoms with E-state index in [1.165, 1.54) is 6.07 Å². The zero-order valence-corrected chi connectivity index (χ0v) is 18.1. The summed E-state index contributed by atoms with van der Waals surface area (Å²) < 4.78 is 15.5.